The molecular formula is C14H14N4O. The van der Waals surface area contributed by atoms with Gasteiger partial charge in [0.1, 0.15) is 5.41 Å². The molecule has 2 aromatic rings. The van der Waals surface area contributed by atoms with Gasteiger partial charge in [0.05, 0.1) is 11.8 Å². The minimum absolute atomic E-state index is 0.188. The Hall–Kier alpha value is -2.48. The van der Waals surface area contributed by atoms with Crippen molar-refractivity contribution in [3.63, 3.8) is 0 Å². The Bertz CT molecular complexity index is 626. The second kappa shape index (κ2) is 5.02. The van der Waals surface area contributed by atoms with Crippen LogP contribution in [0.4, 0.5) is 0 Å². The van der Waals surface area contributed by atoms with Crippen molar-refractivity contribution in [1.29, 1.82) is 5.26 Å². The summed E-state index contributed by atoms with van der Waals surface area (Å²) in [6.45, 7) is 1.44. The van der Waals surface area contributed by atoms with E-state index in [-0.39, 0.29) is 12.2 Å². The normalized spacial score (nSPS) is 13.5. The topological polar surface area (TPSA) is 71.6 Å². The monoisotopic (exact) mass is 254 g/mol. The molecule has 2 rings (SSSR count). The van der Waals surface area contributed by atoms with E-state index in [0.29, 0.717) is 11.3 Å². The minimum Gasteiger partial charge on any atom is -0.298 e. The molecule has 5 heteroatoms. The van der Waals surface area contributed by atoms with Crippen LogP contribution in [0.15, 0.2) is 36.5 Å². The second-order valence-corrected chi connectivity index (χ2v) is 4.50. The SMILES string of the molecule is CC(=O)C(C#N)(Cc1cn(C)nn1)c1ccccc1. The van der Waals surface area contributed by atoms with Crippen LogP contribution in [0.3, 0.4) is 0 Å². The van der Waals surface area contributed by atoms with Gasteiger partial charge in [-0.15, -0.1) is 5.10 Å². The number of nitriles is 1. The summed E-state index contributed by atoms with van der Waals surface area (Å²) in [5.74, 6) is -0.188. The van der Waals surface area contributed by atoms with Gasteiger partial charge in [-0.25, -0.2) is 0 Å². The Balaban J connectivity index is 2.47. The summed E-state index contributed by atoms with van der Waals surface area (Å²) in [4.78, 5) is 12.0. The number of Topliss-reactive ketones (excluding diaryl/α,β-unsaturated/α-hetero) is 1. The van der Waals surface area contributed by atoms with Crippen molar-refractivity contribution in [2.75, 3.05) is 0 Å². The Morgan fingerprint density at radius 2 is 2.11 bits per heavy atom. The van der Waals surface area contributed by atoms with Crippen LogP contribution in [-0.4, -0.2) is 20.8 Å². The van der Waals surface area contributed by atoms with E-state index in [9.17, 15) is 10.1 Å². The van der Waals surface area contributed by atoms with Gasteiger partial charge in [-0.05, 0) is 12.5 Å². The molecule has 0 saturated heterocycles. The number of rotatable bonds is 4. The molecule has 96 valence electrons. The Morgan fingerprint density at radius 1 is 1.42 bits per heavy atom. The highest BCUT2D eigenvalue weighted by Crippen LogP contribution is 2.28. The van der Waals surface area contributed by atoms with E-state index in [2.05, 4.69) is 16.4 Å². The molecule has 1 aromatic carbocycles. The molecule has 0 bridgehead atoms. The van der Waals surface area contributed by atoms with Gasteiger partial charge >= 0.3 is 0 Å². The van der Waals surface area contributed by atoms with Gasteiger partial charge in [0.25, 0.3) is 0 Å². The van der Waals surface area contributed by atoms with E-state index in [1.807, 2.05) is 18.2 Å². The Morgan fingerprint density at radius 3 is 2.58 bits per heavy atom. The lowest BCUT2D eigenvalue weighted by molar-refractivity contribution is -0.120. The van der Waals surface area contributed by atoms with Gasteiger partial charge < -0.3 is 0 Å². The molecule has 0 aliphatic rings. The van der Waals surface area contributed by atoms with Gasteiger partial charge in [0.2, 0.25) is 0 Å². The summed E-state index contributed by atoms with van der Waals surface area (Å²) >= 11 is 0. The third kappa shape index (κ3) is 2.38. The zero-order valence-corrected chi connectivity index (χ0v) is 10.9. The molecule has 0 fully saturated rings. The fourth-order valence-electron chi connectivity index (χ4n) is 2.08. The van der Waals surface area contributed by atoms with Gasteiger partial charge in [-0.1, -0.05) is 35.5 Å². The molecule has 0 amide bonds. The molecule has 1 heterocycles. The Kier molecular flexibility index (Phi) is 3.43. The summed E-state index contributed by atoms with van der Waals surface area (Å²) in [5.41, 5.74) is 0.121. The zero-order valence-electron chi connectivity index (χ0n) is 10.9. The average molecular weight is 254 g/mol. The predicted octanol–water partition coefficient (Wildman–Crippen LogP) is 1.41. The summed E-state index contributed by atoms with van der Waals surface area (Å²) in [6, 6.07) is 11.2. The maximum absolute atomic E-state index is 12.0. The highest BCUT2D eigenvalue weighted by Gasteiger charge is 2.38. The van der Waals surface area contributed by atoms with E-state index in [1.54, 1.807) is 30.1 Å². The molecule has 1 aromatic heterocycles. The number of carbonyl (C=O) groups is 1. The van der Waals surface area contributed by atoms with Crippen LogP contribution >= 0.6 is 0 Å². The van der Waals surface area contributed by atoms with Crippen LogP contribution < -0.4 is 0 Å². The minimum atomic E-state index is -1.20. The van der Waals surface area contributed by atoms with E-state index in [1.165, 1.54) is 6.92 Å². The number of hydrogen-bond acceptors (Lipinski definition) is 4. The van der Waals surface area contributed by atoms with Crippen molar-refractivity contribution in [3.05, 3.63) is 47.8 Å². The number of hydrogen-bond donors (Lipinski definition) is 0. The molecule has 19 heavy (non-hydrogen) atoms. The maximum Gasteiger partial charge on any atom is 0.154 e. The molecule has 0 radical (unpaired) electrons. The van der Waals surface area contributed by atoms with Crippen LogP contribution in [-0.2, 0) is 23.7 Å². The van der Waals surface area contributed by atoms with E-state index < -0.39 is 5.41 Å². The third-order valence-corrected chi connectivity index (χ3v) is 3.15. The largest absolute Gasteiger partial charge is 0.298 e. The molecular weight excluding hydrogens is 240 g/mol. The van der Waals surface area contributed by atoms with Crippen molar-refractivity contribution in [2.45, 2.75) is 18.8 Å². The standard InChI is InChI=1S/C14H14N4O/c1-11(19)14(10-15,12-6-4-3-5-7-12)8-13-9-18(2)17-16-13/h3-7,9H,8H2,1-2H3. The number of aromatic nitrogens is 3. The van der Waals surface area contributed by atoms with Gasteiger partial charge in [-0.3, -0.25) is 9.48 Å². The van der Waals surface area contributed by atoms with Crippen molar-refractivity contribution < 1.29 is 4.79 Å². The van der Waals surface area contributed by atoms with Gasteiger partial charge in [0.15, 0.2) is 5.78 Å². The van der Waals surface area contributed by atoms with Crippen molar-refractivity contribution in [2.24, 2.45) is 7.05 Å². The van der Waals surface area contributed by atoms with E-state index in [0.717, 1.165) is 0 Å². The van der Waals surface area contributed by atoms with Crippen molar-refractivity contribution in [1.82, 2.24) is 15.0 Å². The molecule has 0 N–H and O–H groups in total. The first-order valence-corrected chi connectivity index (χ1v) is 5.91. The molecule has 1 atom stereocenters. The highest BCUT2D eigenvalue weighted by atomic mass is 16.1. The number of benzene rings is 1. The fourth-order valence-corrected chi connectivity index (χ4v) is 2.08. The predicted molar refractivity (Wildman–Crippen MR) is 69.1 cm³/mol. The summed E-state index contributed by atoms with van der Waals surface area (Å²) < 4.78 is 1.56. The molecule has 0 spiro atoms. The number of ketones is 1. The molecule has 0 saturated carbocycles. The van der Waals surface area contributed by atoms with Crippen LogP contribution in [0.2, 0.25) is 0 Å². The fraction of sp³-hybridized carbons (Fsp3) is 0.286. The zero-order chi connectivity index (χ0) is 13.9. The molecule has 0 aliphatic carbocycles. The number of carbonyl (C=O) groups excluding carboxylic acids is 1. The quantitative estimate of drug-likeness (QED) is 0.827. The lowest BCUT2D eigenvalue weighted by Crippen LogP contribution is -2.35. The first-order chi connectivity index (χ1) is 9.08. The molecule has 5 nitrogen and oxygen atoms in total. The van der Waals surface area contributed by atoms with E-state index >= 15 is 0 Å². The summed E-state index contributed by atoms with van der Waals surface area (Å²) in [7, 11) is 1.75. The second-order valence-electron chi connectivity index (χ2n) is 4.50. The molecule has 1 unspecified atom stereocenters. The number of nitrogens with zero attached hydrogens (tertiary/aromatic N) is 4. The number of aryl methyl sites for hydroxylation is 1. The average Bonchev–Trinajstić information content (AvgIpc) is 2.82. The summed E-state index contributed by atoms with van der Waals surface area (Å²) in [6.07, 6.45) is 1.95. The highest BCUT2D eigenvalue weighted by molar-refractivity contribution is 5.91. The van der Waals surface area contributed by atoms with Crippen LogP contribution in [0, 0.1) is 11.3 Å². The van der Waals surface area contributed by atoms with Gasteiger partial charge in [-0.2, -0.15) is 5.26 Å². The smallest absolute Gasteiger partial charge is 0.154 e. The van der Waals surface area contributed by atoms with Crippen molar-refractivity contribution in [3.8, 4) is 6.07 Å². The Labute approximate surface area is 111 Å². The maximum atomic E-state index is 12.0. The van der Waals surface area contributed by atoms with Crippen LogP contribution in [0.25, 0.3) is 0 Å². The summed E-state index contributed by atoms with van der Waals surface area (Å²) in [5, 5.41) is 17.3. The first kappa shape index (κ1) is 13.0. The van der Waals surface area contributed by atoms with E-state index in [4.69, 9.17) is 0 Å². The third-order valence-electron chi connectivity index (χ3n) is 3.15. The lowest BCUT2D eigenvalue weighted by atomic mass is 9.75. The van der Waals surface area contributed by atoms with Crippen molar-refractivity contribution >= 4 is 5.78 Å². The van der Waals surface area contributed by atoms with Crippen LogP contribution in [0.5, 0.6) is 0 Å². The molecule has 0 aliphatic heterocycles. The van der Waals surface area contributed by atoms with Gasteiger partial charge in [0, 0.05) is 19.7 Å². The van der Waals surface area contributed by atoms with Crippen LogP contribution in [0.1, 0.15) is 18.2 Å². The lowest BCUT2D eigenvalue weighted by Gasteiger charge is -2.23. The first-order valence-electron chi connectivity index (χ1n) is 5.91.